The van der Waals surface area contributed by atoms with Gasteiger partial charge in [-0.3, -0.25) is 4.79 Å². The summed E-state index contributed by atoms with van der Waals surface area (Å²) in [5.41, 5.74) is 0.579. The van der Waals surface area contributed by atoms with Crippen molar-refractivity contribution in [2.75, 3.05) is 0 Å². The summed E-state index contributed by atoms with van der Waals surface area (Å²) in [7, 11) is 0. The van der Waals surface area contributed by atoms with Crippen LogP contribution in [0.4, 0.5) is 0 Å². The van der Waals surface area contributed by atoms with E-state index >= 15 is 0 Å². The molecule has 1 aromatic heterocycles. The summed E-state index contributed by atoms with van der Waals surface area (Å²) in [6, 6.07) is 0. The predicted octanol–water partition coefficient (Wildman–Crippen LogP) is 2.07. The number of rotatable bonds is 3. The number of hydrogen-bond acceptors (Lipinski definition) is 3. The first kappa shape index (κ1) is 9.48. The summed E-state index contributed by atoms with van der Waals surface area (Å²) in [5.74, 6) is -0.867. The Labute approximate surface area is 79.0 Å². The summed E-state index contributed by atoms with van der Waals surface area (Å²) < 4.78 is 0. The zero-order valence-corrected chi connectivity index (χ0v) is 8.02. The van der Waals surface area contributed by atoms with Crippen LogP contribution < -0.4 is 0 Å². The SMILES string of the molecule is C[C@H](Cl)c1nc(CC(=O)O)cs1. The predicted molar refractivity (Wildman–Crippen MR) is 47.7 cm³/mol. The molecule has 0 radical (unpaired) electrons. The van der Waals surface area contributed by atoms with Crippen molar-refractivity contribution in [1.29, 1.82) is 0 Å². The lowest BCUT2D eigenvalue weighted by atomic mass is 10.3. The van der Waals surface area contributed by atoms with Crippen LogP contribution in [0.3, 0.4) is 0 Å². The first-order valence-corrected chi connectivity index (χ1v) is 4.71. The summed E-state index contributed by atoms with van der Waals surface area (Å²) in [6.07, 6.45) is -0.0277. The summed E-state index contributed by atoms with van der Waals surface area (Å²) in [6.45, 7) is 1.81. The van der Waals surface area contributed by atoms with Crippen LogP contribution in [0.2, 0.25) is 0 Å². The van der Waals surface area contributed by atoms with Crippen LogP contribution in [0.1, 0.15) is 23.0 Å². The molecule has 0 spiro atoms. The van der Waals surface area contributed by atoms with Gasteiger partial charge < -0.3 is 5.11 Å². The van der Waals surface area contributed by atoms with Crippen molar-refractivity contribution in [1.82, 2.24) is 4.98 Å². The van der Waals surface area contributed by atoms with E-state index in [9.17, 15) is 4.79 Å². The largest absolute Gasteiger partial charge is 0.481 e. The lowest BCUT2D eigenvalue weighted by molar-refractivity contribution is -0.136. The molecule has 5 heteroatoms. The number of carboxylic acid groups (broad SMARTS) is 1. The molecule has 66 valence electrons. The van der Waals surface area contributed by atoms with Gasteiger partial charge in [-0.15, -0.1) is 22.9 Å². The fourth-order valence-corrected chi connectivity index (χ4v) is 1.69. The molecule has 3 nitrogen and oxygen atoms in total. The second-order valence-electron chi connectivity index (χ2n) is 2.36. The van der Waals surface area contributed by atoms with Gasteiger partial charge in [0.05, 0.1) is 17.5 Å². The van der Waals surface area contributed by atoms with Crippen LogP contribution in [0, 0.1) is 0 Å². The Balaban J connectivity index is 2.70. The average Bonchev–Trinajstić information content (AvgIpc) is 2.34. The molecule has 1 aromatic rings. The molecular weight excluding hydrogens is 198 g/mol. The molecule has 0 aromatic carbocycles. The number of carbonyl (C=O) groups is 1. The van der Waals surface area contributed by atoms with Crippen molar-refractivity contribution in [3.8, 4) is 0 Å². The molecule has 1 N–H and O–H groups in total. The second kappa shape index (κ2) is 3.87. The van der Waals surface area contributed by atoms with Gasteiger partial charge in [0.15, 0.2) is 0 Å². The van der Waals surface area contributed by atoms with E-state index < -0.39 is 5.97 Å². The van der Waals surface area contributed by atoms with E-state index in [-0.39, 0.29) is 11.8 Å². The highest BCUT2D eigenvalue weighted by Crippen LogP contribution is 2.23. The van der Waals surface area contributed by atoms with Crippen molar-refractivity contribution < 1.29 is 9.90 Å². The Morgan fingerprint density at radius 2 is 2.58 bits per heavy atom. The fourth-order valence-electron chi connectivity index (χ4n) is 0.741. The van der Waals surface area contributed by atoms with Gasteiger partial charge in [-0.1, -0.05) is 0 Å². The molecule has 0 amide bonds. The highest BCUT2D eigenvalue weighted by atomic mass is 35.5. The zero-order valence-electron chi connectivity index (χ0n) is 6.45. The minimum Gasteiger partial charge on any atom is -0.481 e. The molecule has 0 aliphatic heterocycles. The number of aromatic nitrogens is 1. The average molecular weight is 206 g/mol. The summed E-state index contributed by atoms with van der Waals surface area (Å²) in [4.78, 5) is 14.3. The normalized spacial score (nSPS) is 12.8. The van der Waals surface area contributed by atoms with E-state index in [1.165, 1.54) is 11.3 Å². The van der Waals surface area contributed by atoms with Crippen LogP contribution in [-0.4, -0.2) is 16.1 Å². The highest BCUT2D eigenvalue weighted by Gasteiger charge is 2.09. The van der Waals surface area contributed by atoms with E-state index in [1.807, 2.05) is 6.92 Å². The molecule has 0 fully saturated rings. The van der Waals surface area contributed by atoms with Crippen LogP contribution in [-0.2, 0) is 11.2 Å². The standard InChI is InChI=1S/C7H8ClNO2S/c1-4(8)7-9-5(3-12-7)2-6(10)11/h3-4H,2H2,1H3,(H,10,11)/t4-/m0/s1. The lowest BCUT2D eigenvalue weighted by Crippen LogP contribution is -2.00. The van der Waals surface area contributed by atoms with E-state index in [4.69, 9.17) is 16.7 Å². The maximum Gasteiger partial charge on any atom is 0.309 e. The smallest absolute Gasteiger partial charge is 0.309 e. The molecule has 0 saturated heterocycles. The van der Waals surface area contributed by atoms with Gasteiger partial charge >= 0.3 is 5.97 Å². The van der Waals surface area contributed by atoms with Crippen LogP contribution in [0.15, 0.2) is 5.38 Å². The van der Waals surface area contributed by atoms with Gasteiger partial charge in [0.25, 0.3) is 0 Å². The fraction of sp³-hybridized carbons (Fsp3) is 0.429. The van der Waals surface area contributed by atoms with Crippen LogP contribution in [0.25, 0.3) is 0 Å². The number of carboxylic acids is 1. The maximum atomic E-state index is 10.3. The molecule has 12 heavy (non-hydrogen) atoms. The highest BCUT2D eigenvalue weighted by molar-refractivity contribution is 7.10. The maximum absolute atomic E-state index is 10.3. The third-order valence-electron chi connectivity index (χ3n) is 1.24. The van der Waals surface area contributed by atoms with Crippen molar-refractivity contribution in [3.63, 3.8) is 0 Å². The number of alkyl halides is 1. The number of thiazole rings is 1. The molecule has 0 aliphatic carbocycles. The summed E-state index contributed by atoms with van der Waals surface area (Å²) in [5, 5.41) is 10.8. The van der Waals surface area contributed by atoms with Gasteiger partial charge in [-0.05, 0) is 6.92 Å². The Kier molecular flexibility index (Phi) is 3.05. The first-order chi connectivity index (χ1) is 5.59. The number of hydrogen-bond donors (Lipinski definition) is 1. The van der Waals surface area contributed by atoms with E-state index in [0.29, 0.717) is 5.69 Å². The van der Waals surface area contributed by atoms with Gasteiger partial charge in [0.2, 0.25) is 0 Å². The first-order valence-electron chi connectivity index (χ1n) is 3.39. The van der Waals surface area contributed by atoms with Crippen molar-refractivity contribution in [3.05, 3.63) is 16.1 Å². The zero-order chi connectivity index (χ0) is 9.14. The molecule has 1 heterocycles. The van der Waals surface area contributed by atoms with Crippen molar-refractivity contribution >= 4 is 28.9 Å². The Morgan fingerprint density at radius 1 is 1.92 bits per heavy atom. The van der Waals surface area contributed by atoms with E-state index in [0.717, 1.165) is 5.01 Å². The topological polar surface area (TPSA) is 50.2 Å². The summed E-state index contributed by atoms with van der Waals surface area (Å²) >= 11 is 7.15. The third-order valence-corrected chi connectivity index (χ3v) is 2.65. The van der Waals surface area contributed by atoms with Gasteiger partial charge in [-0.2, -0.15) is 0 Å². The molecule has 1 atom stereocenters. The monoisotopic (exact) mass is 205 g/mol. The Bertz CT molecular complexity index is 285. The van der Waals surface area contributed by atoms with E-state index in [2.05, 4.69) is 4.98 Å². The van der Waals surface area contributed by atoms with Crippen LogP contribution in [0.5, 0.6) is 0 Å². The lowest BCUT2D eigenvalue weighted by Gasteiger charge is -1.93. The molecule has 1 rings (SSSR count). The van der Waals surface area contributed by atoms with Gasteiger partial charge in [0, 0.05) is 5.38 Å². The van der Waals surface area contributed by atoms with Crippen molar-refractivity contribution in [2.45, 2.75) is 18.7 Å². The van der Waals surface area contributed by atoms with Crippen molar-refractivity contribution in [2.24, 2.45) is 0 Å². The second-order valence-corrected chi connectivity index (χ2v) is 3.91. The molecule has 0 unspecified atom stereocenters. The van der Waals surface area contributed by atoms with Gasteiger partial charge in [0.1, 0.15) is 5.01 Å². The van der Waals surface area contributed by atoms with Gasteiger partial charge in [-0.25, -0.2) is 4.98 Å². The molecule has 0 aliphatic rings. The minimum absolute atomic E-state index is 0.0277. The molecular formula is C7H8ClNO2S. The number of nitrogens with zero attached hydrogens (tertiary/aromatic N) is 1. The Hall–Kier alpha value is -0.610. The Morgan fingerprint density at radius 3 is 3.00 bits per heavy atom. The quantitative estimate of drug-likeness (QED) is 0.769. The number of halogens is 1. The minimum atomic E-state index is -0.867. The third kappa shape index (κ3) is 2.46. The van der Waals surface area contributed by atoms with E-state index in [1.54, 1.807) is 5.38 Å². The van der Waals surface area contributed by atoms with Crippen LogP contribution >= 0.6 is 22.9 Å². The number of aliphatic carboxylic acids is 1. The molecule has 0 bridgehead atoms. The molecule has 0 saturated carbocycles.